The summed E-state index contributed by atoms with van der Waals surface area (Å²) in [5.41, 5.74) is 0.990. The minimum Gasteiger partial charge on any atom is -0.225 e. The molecule has 0 bridgehead atoms. The molecule has 20 heavy (non-hydrogen) atoms. The number of aromatic nitrogens is 2. The van der Waals surface area contributed by atoms with E-state index in [0.717, 1.165) is 5.56 Å². The number of rotatable bonds is 5. The lowest BCUT2D eigenvalue weighted by atomic mass is 10.2. The van der Waals surface area contributed by atoms with Crippen LogP contribution in [-0.4, -0.2) is 24.9 Å². The molecule has 0 aliphatic carbocycles. The van der Waals surface area contributed by atoms with Gasteiger partial charge in [0.25, 0.3) is 0 Å². The van der Waals surface area contributed by atoms with E-state index in [4.69, 9.17) is 23.2 Å². The molecule has 1 N–H and O–H groups in total. The minimum absolute atomic E-state index is 0.00474. The van der Waals surface area contributed by atoms with Crippen molar-refractivity contribution in [1.29, 1.82) is 0 Å². The second-order valence-electron chi connectivity index (χ2n) is 3.96. The summed E-state index contributed by atoms with van der Waals surface area (Å²) in [6.45, 7) is 0.270. The van der Waals surface area contributed by atoms with E-state index in [9.17, 15) is 8.42 Å². The van der Waals surface area contributed by atoms with Crippen LogP contribution in [0.3, 0.4) is 0 Å². The first-order valence-electron chi connectivity index (χ1n) is 5.69. The van der Waals surface area contributed by atoms with Crippen molar-refractivity contribution < 1.29 is 8.42 Å². The van der Waals surface area contributed by atoms with Gasteiger partial charge in [0.15, 0.2) is 0 Å². The van der Waals surface area contributed by atoms with Crippen LogP contribution in [-0.2, 0) is 16.4 Å². The Labute approximate surface area is 127 Å². The number of benzene rings is 1. The van der Waals surface area contributed by atoms with E-state index >= 15 is 0 Å². The van der Waals surface area contributed by atoms with Crippen LogP contribution in [0.25, 0.3) is 0 Å². The van der Waals surface area contributed by atoms with E-state index in [0.29, 0.717) is 11.4 Å². The summed E-state index contributed by atoms with van der Waals surface area (Å²) in [6.07, 6.45) is 2.89. The normalized spacial score (nSPS) is 11.5. The molecule has 0 saturated carbocycles. The maximum absolute atomic E-state index is 11.9. The number of nitrogens with one attached hydrogen (secondary N) is 1. The Morgan fingerprint density at radius 3 is 2.25 bits per heavy atom. The summed E-state index contributed by atoms with van der Waals surface area (Å²) in [7, 11) is -3.62. The number of sulfonamides is 1. The molecule has 8 heteroatoms. The summed E-state index contributed by atoms with van der Waals surface area (Å²) in [5.74, 6) is 0. The van der Waals surface area contributed by atoms with Crippen molar-refractivity contribution >= 4 is 33.2 Å². The fourth-order valence-corrected chi connectivity index (χ4v) is 2.65. The lowest BCUT2D eigenvalue weighted by molar-refractivity contribution is 0.580. The van der Waals surface area contributed by atoms with Gasteiger partial charge < -0.3 is 0 Å². The fraction of sp³-hybridized carbons (Fsp3) is 0.167. The first-order chi connectivity index (χ1) is 9.47. The molecule has 106 valence electrons. The monoisotopic (exact) mass is 331 g/mol. The van der Waals surface area contributed by atoms with Gasteiger partial charge in [0.1, 0.15) is 4.90 Å². The molecule has 0 fully saturated rings. The summed E-state index contributed by atoms with van der Waals surface area (Å²) in [5, 5.41) is 0.651. The van der Waals surface area contributed by atoms with Crippen molar-refractivity contribution in [2.24, 2.45) is 0 Å². The van der Waals surface area contributed by atoms with Gasteiger partial charge in [-0.15, -0.1) is 0 Å². The molecule has 0 atom stereocenters. The van der Waals surface area contributed by atoms with Gasteiger partial charge in [0.2, 0.25) is 15.3 Å². The van der Waals surface area contributed by atoms with Gasteiger partial charge in [-0.1, -0.05) is 23.7 Å². The summed E-state index contributed by atoms with van der Waals surface area (Å²) in [4.78, 5) is 7.27. The fourth-order valence-electron chi connectivity index (χ4n) is 1.50. The van der Waals surface area contributed by atoms with Gasteiger partial charge in [0.05, 0.1) is 12.4 Å². The number of hydrogen-bond acceptors (Lipinski definition) is 4. The highest BCUT2D eigenvalue weighted by Gasteiger charge is 2.14. The predicted octanol–water partition coefficient (Wildman–Crippen LogP) is 2.30. The van der Waals surface area contributed by atoms with Crippen molar-refractivity contribution in [2.45, 2.75) is 11.3 Å². The Morgan fingerprint density at radius 1 is 1.05 bits per heavy atom. The highest BCUT2D eigenvalue weighted by molar-refractivity contribution is 7.89. The standard InChI is InChI=1S/C12H11Cl2N3O2S/c13-10-3-1-9(2-4-10)5-6-17-20(18,19)11-7-15-12(14)16-8-11/h1-4,7-8,17H,5-6H2. The Balaban J connectivity index is 1.96. The van der Waals surface area contributed by atoms with E-state index in [1.165, 1.54) is 12.4 Å². The van der Waals surface area contributed by atoms with Gasteiger partial charge in [0, 0.05) is 11.6 Å². The molecule has 2 rings (SSSR count). The molecule has 0 aliphatic heterocycles. The Bertz CT molecular complexity index is 673. The van der Waals surface area contributed by atoms with Crippen LogP contribution >= 0.6 is 23.2 Å². The Hall–Kier alpha value is -1.21. The third kappa shape index (κ3) is 4.14. The number of hydrogen-bond donors (Lipinski definition) is 1. The van der Waals surface area contributed by atoms with Crippen molar-refractivity contribution in [3.05, 3.63) is 52.5 Å². The maximum atomic E-state index is 11.9. The molecule has 0 saturated heterocycles. The molecule has 0 unspecified atom stereocenters. The second-order valence-corrected chi connectivity index (χ2v) is 6.50. The van der Waals surface area contributed by atoms with Crippen LogP contribution in [0.15, 0.2) is 41.6 Å². The first-order valence-corrected chi connectivity index (χ1v) is 7.93. The van der Waals surface area contributed by atoms with Crippen LogP contribution in [0.5, 0.6) is 0 Å². The van der Waals surface area contributed by atoms with E-state index in [1.54, 1.807) is 12.1 Å². The van der Waals surface area contributed by atoms with E-state index in [-0.39, 0.29) is 16.7 Å². The van der Waals surface area contributed by atoms with Gasteiger partial charge in [-0.3, -0.25) is 0 Å². The zero-order valence-corrected chi connectivity index (χ0v) is 12.6. The van der Waals surface area contributed by atoms with Crippen molar-refractivity contribution in [2.75, 3.05) is 6.54 Å². The van der Waals surface area contributed by atoms with Crippen molar-refractivity contribution in [3.63, 3.8) is 0 Å². The third-order valence-electron chi connectivity index (χ3n) is 2.53. The van der Waals surface area contributed by atoms with Crippen molar-refractivity contribution in [1.82, 2.24) is 14.7 Å². The smallest absolute Gasteiger partial charge is 0.225 e. The number of halogens is 2. The van der Waals surface area contributed by atoms with Crippen LogP contribution in [0.1, 0.15) is 5.56 Å². The lowest BCUT2D eigenvalue weighted by Crippen LogP contribution is -2.26. The predicted molar refractivity (Wildman–Crippen MR) is 77.4 cm³/mol. The molecule has 1 aromatic heterocycles. The van der Waals surface area contributed by atoms with Crippen molar-refractivity contribution in [3.8, 4) is 0 Å². The Morgan fingerprint density at radius 2 is 1.65 bits per heavy atom. The van der Waals surface area contributed by atoms with E-state index in [1.807, 2.05) is 12.1 Å². The highest BCUT2D eigenvalue weighted by atomic mass is 35.5. The van der Waals surface area contributed by atoms with Crippen LogP contribution in [0.4, 0.5) is 0 Å². The molecular weight excluding hydrogens is 321 g/mol. The molecule has 1 heterocycles. The molecule has 1 aromatic carbocycles. The second kappa shape index (κ2) is 6.49. The van der Waals surface area contributed by atoms with Crippen LogP contribution in [0.2, 0.25) is 10.3 Å². The highest BCUT2D eigenvalue weighted by Crippen LogP contribution is 2.10. The van der Waals surface area contributed by atoms with Gasteiger partial charge >= 0.3 is 0 Å². The van der Waals surface area contributed by atoms with Gasteiger partial charge in [-0.2, -0.15) is 0 Å². The molecule has 5 nitrogen and oxygen atoms in total. The molecule has 0 radical (unpaired) electrons. The summed E-state index contributed by atoms with van der Waals surface area (Å²) in [6, 6.07) is 7.22. The molecular formula is C12H11Cl2N3O2S. The van der Waals surface area contributed by atoms with Crippen LogP contribution < -0.4 is 4.72 Å². The molecule has 0 spiro atoms. The average Bonchev–Trinajstić information content (AvgIpc) is 2.41. The average molecular weight is 332 g/mol. The Kier molecular flexibility index (Phi) is 4.93. The summed E-state index contributed by atoms with van der Waals surface area (Å²) >= 11 is 11.3. The number of nitrogens with zero attached hydrogens (tertiary/aromatic N) is 2. The van der Waals surface area contributed by atoms with Gasteiger partial charge in [-0.05, 0) is 35.7 Å². The summed E-state index contributed by atoms with van der Waals surface area (Å²) < 4.78 is 26.3. The minimum atomic E-state index is -3.62. The quantitative estimate of drug-likeness (QED) is 0.853. The lowest BCUT2D eigenvalue weighted by Gasteiger charge is -2.06. The van der Waals surface area contributed by atoms with Gasteiger partial charge in [-0.25, -0.2) is 23.1 Å². The molecule has 0 amide bonds. The van der Waals surface area contributed by atoms with Crippen LogP contribution in [0, 0.1) is 0 Å². The maximum Gasteiger partial charge on any atom is 0.243 e. The van der Waals surface area contributed by atoms with E-state index in [2.05, 4.69) is 14.7 Å². The largest absolute Gasteiger partial charge is 0.243 e. The first kappa shape index (κ1) is 15.2. The molecule has 2 aromatic rings. The zero-order chi connectivity index (χ0) is 14.6. The van der Waals surface area contributed by atoms with E-state index < -0.39 is 10.0 Å². The topological polar surface area (TPSA) is 72.0 Å². The zero-order valence-electron chi connectivity index (χ0n) is 10.3. The SMILES string of the molecule is O=S(=O)(NCCc1ccc(Cl)cc1)c1cnc(Cl)nc1. The molecule has 0 aliphatic rings. The third-order valence-corrected chi connectivity index (χ3v) is 4.39.